The van der Waals surface area contributed by atoms with Crippen LogP contribution in [0.4, 0.5) is 0 Å². The number of ether oxygens (including phenoxy) is 1. The van der Waals surface area contributed by atoms with Gasteiger partial charge in [-0.2, -0.15) is 0 Å². The summed E-state index contributed by atoms with van der Waals surface area (Å²) in [6, 6.07) is 9.31. The van der Waals surface area contributed by atoms with Crippen molar-refractivity contribution in [3.8, 4) is 17.1 Å². The van der Waals surface area contributed by atoms with E-state index in [0.29, 0.717) is 31.8 Å². The van der Waals surface area contributed by atoms with Gasteiger partial charge in [0.2, 0.25) is 15.9 Å². The molecular weight excluding hydrogens is 428 g/mol. The van der Waals surface area contributed by atoms with Crippen molar-refractivity contribution < 1.29 is 17.9 Å². The number of hydrogen-bond acceptors (Lipinski definition) is 6. The summed E-state index contributed by atoms with van der Waals surface area (Å²) in [5.41, 5.74) is 0.970. The lowest BCUT2D eigenvalue weighted by molar-refractivity contribution is -0.144. The maximum Gasteiger partial charge on any atom is 0.230 e. The second-order valence-corrected chi connectivity index (χ2v) is 10.9. The van der Waals surface area contributed by atoms with Crippen LogP contribution in [0.3, 0.4) is 0 Å². The average molecular weight is 459 g/mol. The molecule has 0 unspecified atom stereocenters. The lowest BCUT2D eigenvalue weighted by atomic mass is 9.81. The van der Waals surface area contributed by atoms with Crippen molar-refractivity contribution in [1.82, 2.24) is 19.2 Å². The number of carbonyl (C=O) groups is 1. The first-order chi connectivity index (χ1) is 15.2. The van der Waals surface area contributed by atoms with E-state index in [4.69, 9.17) is 9.72 Å². The fraction of sp³-hybridized carbons (Fsp3) is 0.522. The Morgan fingerprint density at radius 3 is 2.59 bits per heavy atom. The van der Waals surface area contributed by atoms with Crippen molar-refractivity contribution in [1.29, 1.82) is 0 Å². The molecule has 32 heavy (non-hydrogen) atoms. The molecular formula is C23H30N4O4S. The van der Waals surface area contributed by atoms with Crippen LogP contribution in [0, 0.1) is 5.41 Å². The number of piperidine rings is 1. The maximum absolute atomic E-state index is 13.7. The van der Waals surface area contributed by atoms with Gasteiger partial charge in [-0.15, -0.1) is 0 Å². The topological polar surface area (TPSA) is 92.7 Å². The van der Waals surface area contributed by atoms with Gasteiger partial charge in [0, 0.05) is 31.4 Å². The Labute approximate surface area is 189 Å². The van der Waals surface area contributed by atoms with Crippen molar-refractivity contribution in [3.05, 3.63) is 42.2 Å². The highest BCUT2D eigenvalue weighted by atomic mass is 32.2. The van der Waals surface area contributed by atoms with Crippen molar-refractivity contribution in [2.45, 2.75) is 38.6 Å². The van der Waals surface area contributed by atoms with Crippen molar-refractivity contribution in [2.24, 2.45) is 5.41 Å². The third-order valence-electron chi connectivity index (χ3n) is 6.53. The third-order valence-corrected chi connectivity index (χ3v) is 7.78. The number of sulfonamides is 1. The Morgan fingerprint density at radius 2 is 1.91 bits per heavy atom. The molecule has 0 spiro atoms. The van der Waals surface area contributed by atoms with Crippen LogP contribution in [0.15, 0.2) is 36.5 Å². The van der Waals surface area contributed by atoms with E-state index in [0.717, 1.165) is 29.8 Å². The van der Waals surface area contributed by atoms with Crippen molar-refractivity contribution in [3.63, 3.8) is 0 Å². The minimum Gasteiger partial charge on any atom is -0.497 e. The predicted molar refractivity (Wildman–Crippen MR) is 121 cm³/mol. The Kier molecular flexibility index (Phi) is 6.22. The van der Waals surface area contributed by atoms with E-state index in [9.17, 15) is 13.2 Å². The summed E-state index contributed by atoms with van der Waals surface area (Å²) in [7, 11) is -1.70. The fourth-order valence-corrected chi connectivity index (χ4v) is 5.73. The van der Waals surface area contributed by atoms with Crippen LogP contribution in [0.2, 0.25) is 0 Å². The van der Waals surface area contributed by atoms with Crippen molar-refractivity contribution >= 4 is 15.9 Å². The van der Waals surface area contributed by atoms with E-state index in [-0.39, 0.29) is 18.5 Å². The summed E-state index contributed by atoms with van der Waals surface area (Å²) in [6.45, 7) is 3.25. The molecule has 2 atom stereocenters. The molecule has 3 heterocycles. The lowest BCUT2D eigenvalue weighted by Crippen LogP contribution is -2.52. The molecule has 2 aromatic rings. The molecule has 1 aromatic carbocycles. The summed E-state index contributed by atoms with van der Waals surface area (Å²) in [4.78, 5) is 24.7. The number of amides is 1. The van der Waals surface area contributed by atoms with Gasteiger partial charge in [0.05, 0.1) is 30.5 Å². The monoisotopic (exact) mass is 458 g/mol. The second kappa shape index (κ2) is 8.78. The summed E-state index contributed by atoms with van der Waals surface area (Å²) in [5.74, 6) is 1.39. The molecule has 9 heteroatoms. The van der Waals surface area contributed by atoms with Gasteiger partial charge in [-0.1, -0.05) is 0 Å². The van der Waals surface area contributed by atoms with Crippen LogP contribution in [-0.4, -0.2) is 66.5 Å². The smallest absolute Gasteiger partial charge is 0.230 e. The molecule has 0 saturated carbocycles. The van der Waals surface area contributed by atoms with Gasteiger partial charge >= 0.3 is 0 Å². The first-order valence-corrected chi connectivity index (χ1v) is 12.8. The first-order valence-electron chi connectivity index (χ1n) is 10.9. The maximum atomic E-state index is 13.7. The molecule has 1 amide bonds. The van der Waals surface area contributed by atoms with Crippen LogP contribution in [0.1, 0.15) is 44.3 Å². The van der Waals surface area contributed by atoms with Gasteiger partial charge in [0.15, 0.2) is 5.82 Å². The number of carbonyl (C=O) groups excluding carboxylic acids is 1. The minimum absolute atomic E-state index is 0.0120. The molecule has 2 saturated heterocycles. The molecule has 2 aliphatic rings. The molecule has 1 aromatic heterocycles. The van der Waals surface area contributed by atoms with Gasteiger partial charge < -0.3 is 9.64 Å². The zero-order valence-electron chi connectivity index (χ0n) is 18.8. The largest absolute Gasteiger partial charge is 0.497 e. The quantitative estimate of drug-likeness (QED) is 0.684. The number of likely N-dealkylation sites (tertiary alicyclic amines) is 1. The molecule has 4 rings (SSSR count). The van der Waals surface area contributed by atoms with E-state index in [1.54, 1.807) is 13.3 Å². The van der Waals surface area contributed by atoms with Crippen LogP contribution in [-0.2, 0) is 14.8 Å². The van der Waals surface area contributed by atoms with Crippen LogP contribution >= 0.6 is 0 Å². The Balaban J connectivity index is 1.57. The van der Waals surface area contributed by atoms with Crippen molar-refractivity contribution in [2.75, 3.05) is 33.0 Å². The Bertz CT molecular complexity index is 1090. The van der Waals surface area contributed by atoms with E-state index in [1.807, 2.05) is 42.2 Å². The molecule has 2 aliphatic heterocycles. The fourth-order valence-electron chi connectivity index (χ4n) is 4.75. The minimum atomic E-state index is -3.33. The van der Waals surface area contributed by atoms with Gasteiger partial charge in [0.1, 0.15) is 5.75 Å². The number of aromatic nitrogens is 2. The summed E-state index contributed by atoms with van der Waals surface area (Å²) in [6.07, 6.45) is 6.03. The highest BCUT2D eigenvalue weighted by Gasteiger charge is 2.45. The second-order valence-electron chi connectivity index (χ2n) is 8.95. The van der Waals surface area contributed by atoms with Crippen LogP contribution in [0.5, 0.6) is 5.75 Å². The van der Waals surface area contributed by atoms with E-state index >= 15 is 0 Å². The van der Waals surface area contributed by atoms with E-state index < -0.39 is 15.4 Å². The summed E-state index contributed by atoms with van der Waals surface area (Å²) in [5, 5.41) is 0. The van der Waals surface area contributed by atoms with E-state index in [2.05, 4.69) is 4.98 Å². The molecule has 0 radical (unpaired) electrons. The van der Waals surface area contributed by atoms with Gasteiger partial charge in [-0.05, 0) is 62.9 Å². The standard InChI is InChI=1S/C23H30N4O4S/c1-23(12-5-14-26(16-23)32(3,29)30)22(28)27-15-4-6-20(27)19-11-13-24-21(25-19)17-7-9-18(31-2)10-8-17/h7-11,13,20H,4-6,12,14-16H2,1-3H3/t20-,23-/m1/s1. The van der Waals surface area contributed by atoms with Crippen LogP contribution < -0.4 is 4.74 Å². The number of benzene rings is 1. The summed E-state index contributed by atoms with van der Waals surface area (Å²) < 4.78 is 30.8. The zero-order valence-corrected chi connectivity index (χ0v) is 19.6. The number of nitrogens with zero attached hydrogens (tertiary/aromatic N) is 4. The van der Waals surface area contributed by atoms with Gasteiger partial charge in [-0.3, -0.25) is 4.79 Å². The SMILES string of the molecule is COc1ccc(-c2nccc([C@H]3CCCN3C(=O)[C@]3(C)CCCN(S(C)(=O)=O)C3)n2)cc1. The number of hydrogen-bond donors (Lipinski definition) is 0. The zero-order chi connectivity index (χ0) is 22.9. The third kappa shape index (κ3) is 4.49. The van der Waals surface area contributed by atoms with Gasteiger partial charge in [-0.25, -0.2) is 22.7 Å². The first kappa shape index (κ1) is 22.7. The van der Waals surface area contributed by atoms with Crippen LogP contribution in [0.25, 0.3) is 11.4 Å². The lowest BCUT2D eigenvalue weighted by Gasteiger charge is -2.41. The Morgan fingerprint density at radius 1 is 1.16 bits per heavy atom. The number of rotatable bonds is 5. The molecule has 0 aliphatic carbocycles. The van der Waals surface area contributed by atoms with E-state index in [1.165, 1.54) is 10.6 Å². The average Bonchev–Trinajstić information content (AvgIpc) is 3.28. The molecule has 172 valence electrons. The predicted octanol–water partition coefficient (Wildman–Crippen LogP) is 2.88. The molecule has 8 nitrogen and oxygen atoms in total. The molecule has 0 bridgehead atoms. The molecule has 2 fully saturated rings. The normalized spacial score (nSPS) is 24.5. The summed E-state index contributed by atoms with van der Waals surface area (Å²) >= 11 is 0. The number of methoxy groups -OCH3 is 1. The molecule has 0 N–H and O–H groups in total. The van der Waals surface area contributed by atoms with Gasteiger partial charge in [0.25, 0.3) is 0 Å². The highest BCUT2D eigenvalue weighted by molar-refractivity contribution is 7.88. The Hall–Kier alpha value is -2.52. The highest BCUT2D eigenvalue weighted by Crippen LogP contribution is 2.39.